The van der Waals surface area contributed by atoms with Gasteiger partial charge in [-0.3, -0.25) is 9.78 Å². The topological polar surface area (TPSA) is 71.3 Å². The maximum atomic E-state index is 12.7. The Morgan fingerprint density at radius 3 is 2.68 bits per heavy atom. The molecule has 28 heavy (non-hydrogen) atoms. The van der Waals surface area contributed by atoms with Crippen molar-refractivity contribution >= 4 is 17.4 Å². The quantitative estimate of drug-likeness (QED) is 0.730. The van der Waals surface area contributed by atoms with Gasteiger partial charge in [0.25, 0.3) is 0 Å². The molecule has 6 heteroatoms. The van der Waals surface area contributed by atoms with Crippen LogP contribution < -0.4 is 5.32 Å². The molecule has 4 rings (SSSR count). The lowest BCUT2D eigenvalue weighted by Gasteiger charge is -2.26. The molecule has 0 spiro atoms. The molecule has 2 aromatic heterocycles. The number of fused-ring (bicyclic) bond motifs is 1. The molecule has 0 aliphatic carbocycles. The number of rotatable bonds is 5. The smallest absolute Gasteiger partial charge is 0.223 e. The van der Waals surface area contributed by atoms with E-state index < -0.39 is 0 Å². The van der Waals surface area contributed by atoms with Crippen LogP contribution in [0.5, 0.6) is 0 Å². The molecule has 0 atom stereocenters. The van der Waals surface area contributed by atoms with E-state index in [2.05, 4.69) is 41.4 Å². The molecule has 1 amide bonds. The molecule has 6 nitrogen and oxygen atoms in total. The number of nitrogens with zero attached hydrogens (tertiary/aromatic N) is 3. The largest absolute Gasteiger partial charge is 0.359 e. The molecule has 1 aromatic carbocycles. The van der Waals surface area contributed by atoms with Crippen LogP contribution in [-0.2, 0) is 24.2 Å². The molecule has 0 radical (unpaired) electrons. The van der Waals surface area contributed by atoms with Crippen molar-refractivity contribution in [3.8, 4) is 0 Å². The molecule has 3 heterocycles. The number of aromatic nitrogens is 2. The summed E-state index contributed by atoms with van der Waals surface area (Å²) >= 11 is 0. The van der Waals surface area contributed by atoms with E-state index in [0.717, 1.165) is 40.1 Å². The summed E-state index contributed by atoms with van der Waals surface area (Å²) in [5.74, 6) is 1.73. The Kier molecular flexibility index (Phi) is 5.10. The van der Waals surface area contributed by atoms with Crippen molar-refractivity contribution in [1.82, 2.24) is 15.0 Å². The van der Waals surface area contributed by atoms with Crippen LogP contribution in [0, 0.1) is 13.8 Å². The summed E-state index contributed by atoms with van der Waals surface area (Å²) < 4.78 is 5.54. The average Bonchev–Trinajstić information content (AvgIpc) is 3.12. The van der Waals surface area contributed by atoms with Crippen molar-refractivity contribution in [2.45, 2.75) is 39.7 Å². The molecule has 0 fully saturated rings. The van der Waals surface area contributed by atoms with E-state index in [1.54, 1.807) is 12.4 Å². The van der Waals surface area contributed by atoms with Crippen LogP contribution in [0.25, 0.3) is 0 Å². The van der Waals surface area contributed by atoms with Gasteiger partial charge in [-0.2, -0.15) is 0 Å². The van der Waals surface area contributed by atoms with Gasteiger partial charge >= 0.3 is 0 Å². The first-order valence-electron chi connectivity index (χ1n) is 9.59. The third-order valence-electron chi connectivity index (χ3n) is 5.28. The molecule has 0 saturated carbocycles. The van der Waals surface area contributed by atoms with Crippen LogP contribution in [0.15, 0.2) is 47.2 Å². The summed E-state index contributed by atoms with van der Waals surface area (Å²) in [7, 11) is 0. The van der Waals surface area contributed by atoms with E-state index >= 15 is 0 Å². The Morgan fingerprint density at radius 1 is 1.18 bits per heavy atom. The maximum absolute atomic E-state index is 12.7. The molecule has 144 valence electrons. The molecular weight excluding hydrogens is 352 g/mol. The van der Waals surface area contributed by atoms with Gasteiger partial charge in [-0.25, -0.2) is 0 Å². The molecule has 1 N–H and O–H groups in total. The van der Waals surface area contributed by atoms with Crippen molar-refractivity contribution in [2.24, 2.45) is 0 Å². The first-order chi connectivity index (χ1) is 13.6. The van der Waals surface area contributed by atoms with Crippen LogP contribution in [0.3, 0.4) is 0 Å². The molecule has 1 aliphatic heterocycles. The van der Waals surface area contributed by atoms with Gasteiger partial charge in [-0.05, 0) is 49.1 Å². The predicted molar refractivity (Wildman–Crippen MR) is 107 cm³/mol. The number of para-hydroxylation sites is 1. The molecule has 0 unspecified atom stereocenters. The lowest BCUT2D eigenvalue weighted by atomic mass is 10.1. The normalized spacial score (nSPS) is 13.3. The number of hydrogen-bond acceptors (Lipinski definition) is 5. The molecular formula is C22H24N4O2. The van der Waals surface area contributed by atoms with E-state index in [0.29, 0.717) is 31.7 Å². The first-order valence-corrected chi connectivity index (χ1v) is 9.59. The van der Waals surface area contributed by atoms with Crippen molar-refractivity contribution in [1.29, 1.82) is 0 Å². The summed E-state index contributed by atoms with van der Waals surface area (Å²) in [6.07, 6.45) is 5.43. The van der Waals surface area contributed by atoms with Gasteiger partial charge in [-0.1, -0.05) is 23.4 Å². The Labute approximate surface area is 164 Å². The van der Waals surface area contributed by atoms with Gasteiger partial charge in [0, 0.05) is 37.5 Å². The van der Waals surface area contributed by atoms with Crippen LogP contribution in [0.4, 0.5) is 11.5 Å². The van der Waals surface area contributed by atoms with Gasteiger partial charge < -0.3 is 14.7 Å². The number of pyridine rings is 1. The van der Waals surface area contributed by atoms with Crippen LogP contribution in [0.1, 0.15) is 34.4 Å². The van der Waals surface area contributed by atoms with E-state index in [1.165, 1.54) is 0 Å². The Balaban J connectivity index is 1.46. The lowest BCUT2D eigenvalue weighted by Crippen LogP contribution is -2.35. The van der Waals surface area contributed by atoms with Crippen molar-refractivity contribution in [2.75, 3.05) is 11.9 Å². The molecule has 1 aliphatic rings. The van der Waals surface area contributed by atoms with E-state index in [-0.39, 0.29) is 5.91 Å². The van der Waals surface area contributed by atoms with Crippen molar-refractivity contribution in [3.63, 3.8) is 0 Å². The van der Waals surface area contributed by atoms with Crippen molar-refractivity contribution < 1.29 is 9.32 Å². The number of aryl methyl sites for hydroxylation is 3. The Morgan fingerprint density at radius 2 is 1.93 bits per heavy atom. The second kappa shape index (κ2) is 7.84. The number of hydrogen-bond donors (Lipinski definition) is 1. The first kappa shape index (κ1) is 18.2. The van der Waals surface area contributed by atoms with E-state index in [4.69, 9.17) is 4.52 Å². The third kappa shape index (κ3) is 3.76. The fourth-order valence-corrected chi connectivity index (χ4v) is 3.61. The second-order valence-electron chi connectivity index (χ2n) is 7.25. The summed E-state index contributed by atoms with van der Waals surface area (Å²) in [6.45, 7) is 5.33. The minimum absolute atomic E-state index is 0.154. The second-order valence-corrected chi connectivity index (χ2v) is 7.25. The zero-order chi connectivity index (χ0) is 19.5. The summed E-state index contributed by atoms with van der Waals surface area (Å²) in [5.41, 5.74) is 5.45. The minimum atomic E-state index is 0.154. The number of carbonyl (C=O) groups is 1. The summed E-state index contributed by atoms with van der Waals surface area (Å²) in [5, 5.41) is 7.65. The predicted octanol–water partition coefficient (Wildman–Crippen LogP) is 3.95. The highest BCUT2D eigenvalue weighted by atomic mass is 16.5. The molecule has 0 bridgehead atoms. The number of amides is 1. The highest BCUT2D eigenvalue weighted by molar-refractivity contribution is 5.77. The Bertz CT molecular complexity index is 961. The monoisotopic (exact) mass is 376 g/mol. The van der Waals surface area contributed by atoms with Gasteiger partial charge in [0.05, 0.1) is 12.1 Å². The summed E-state index contributed by atoms with van der Waals surface area (Å²) in [4.78, 5) is 18.6. The standard InChI is InChI=1S/C22H24N4O2/c1-15-4-3-5-16(2)21(15)24-22-18-14-26(13-10-19(18)28-25-22)20(27)7-6-17-8-11-23-12-9-17/h3-5,8-9,11-12H,6-7,10,13-14H2,1-2H3,(H,24,25). The lowest BCUT2D eigenvalue weighted by molar-refractivity contribution is -0.132. The number of carbonyl (C=O) groups excluding carboxylic acids is 1. The highest BCUT2D eigenvalue weighted by Gasteiger charge is 2.27. The van der Waals surface area contributed by atoms with Gasteiger partial charge in [-0.15, -0.1) is 0 Å². The third-order valence-corrected chi connectivity index (χ3v) is 5.28. The number of benzene rings is 1. The van der Waals surface area contributed by atoms with Crippen LogP contribution in [0.2, 0.25) is 0 Å². The zero-order valence-corrected chi connectivity index (χ0v) is 16.2. The van der Waals surface area contributed by atoms with Crippen molar-refractivity contribution in [3.05, 3.63) is 70.7 Å². The van der Waals surface area contributed by atoms with Gasteiger partial charge in [0.1, 0.15) is 5.76 Å². The van der Waals surface area contributed by atoms with Crippen LogP contribution >= 0.6 is 0 Å². The Hall–Kier alpha value is -3.15. The number of nitrogens with one attached hydrogen (secondary N) is 1. The fourth-order valence-electron chi connectivity index (χ4n) is 3.61. The van der Waals surface area contributed by atoms with Gasteiger partial charge in [0.2, 0.25) is 5.91 Å². The van der Waals surface area contributed by atoms with E-state index in [1.807, 2.05) is 23.1 Å². The van der Waals surface area contributed by atoms with E-state index in [9.17, 15) is 4.79 Å². The minimum Gasteiger partial charge on any atom is -0.359 e. The molecule has 3 aromatic rings. The fraction of sp³-hybridized carbons (Fsp3) is 0.318. The highest BCUT2D eigenvalue weighted by Crippen LogP contribution is 2.31. The summed E-state index contributed by atoms with van der Waals surface area (Å²) in [6, 6.07) is 10.1. The molecule has 0 saturated heterocycles. The maximum Gasteiger partial charge on any atom is 0.223 e. The SMILES string of the molecule is Cc1cccc(C)c1Nc1noc2c1CN(C(=O)CCc1ccncc1)CC2. The van der Waals surface area contributed by atoms with Crippen LogP contribution in [-0.4, -0.2) is 27.5 Å². The average molecular weight is 376 g/mol. The number of anilines is 2. The van der Waals surface area contributed by atoms with Gasteiger partial charge in [0.15, 0.2) is 5.82 Å². The zero-order valence-electron chi connectivity index (χ0n) is 16.2.